The number of hydrogen-bond acceptors (Lipinski definition) is 4. The number of aryl methyl sites for hydroxylation is 1. The standard InChI is InChI=1S/C15H18N4O/c1-3-12(13-8-10(2)4-6-17-13)19-15(20)14-9-11(16)5-7-18-14/h4-9,12H,3H2,1-2H3,(H2,16,18)(H,19,20)/t12-/m0/s1. The Balaban J connectivity index is 2.16. The summed E-state index contributed by atoms with van der Waals surface area (Å²) in [5, 5.41) is 2.93. The Kier molecular flexibility index (Phi) is 4.30. The lowest BCUT2D eigenvalue weighted by molar-refractivity contribution is 0.0929. The maximum atomic E-state index is 12.2. The number of nitrogens with two attached hydrogens (primary N) is 1. The molecule has 2 rings (SSSR count). The SMILES string of the molecule is CC[C@H](NC(=O)c1cc(N)ccn1)c1cc(C)ccn1. The Morgan fingerprint density at radius 3 is 2.70 bits per heavy atom. The zero-order chi connectivity index (χ0) is 14.5. The van der Waals surface area contributed by atoms with Crippen LogP contribution in [0.2, 0.25) is 0 Å². The molecule has 0 aliphatic heterocycles. The fourth-order valence-electron chi connectivity index (χ4n) is 1.94. The van der Waals surface area contributed by atoms with Crippen molar-refractivity contribution < 1.29 is 4.79 Å². The van der Waals surface area contributed by atoms with Crippen LogP contribution in [-0.2, 0) is 0 Å². The molecule has 1 amide bonds. The minimum Gasteiger partial charge on any atom is -0.399 e. The largest absolute Gasteiger partial charge is 0.399 e. The van der Waals surface area contributed by atoms with E-state index in [-0.39, 0.29) is 11.9 Å². The molecule has 0 saturated heterocycles. The van der Waals surface area contributed by atoms with Gasteiger partial charge in [-0.15, -0.1) is 0 Å². The van der Waals surface area contributed by atoms with Crippen molar-refractivity contribution in [2.75, 3.05) is 5.73 Å². The maximum Gasteiger partial charge on any atom is 0.270 e. The third-order valence-electron chi connectivity index (χ3n) is 3.02. The molecule has 0 saturated carbocycles. The smallest absolute Gasteiger partial charge is 0.270 e. The number of nitrogens with one attached hydrogen (secondary N) is 1. The second-order valence-corrected chi connectivity index (χ2v) is 4.67. The molecule has 2 heterocycles. The van der Waals surface area contributed by atoms with Gasteiger partial charge < -0.3 is 11.1 Å². The third-order valence-corrected chi connectivity index (χ3v) is 3.02. The zero-order valence-electron chi connectivity index (χ0n) is 11.6. The van der Waals surface area contributed by atoms with Crippen LogP contribution in [-0.4, -0.2) is 15.9 Å². The summed E-state index contributed by atoms with van der Waals surface area (Å²) in [5.41, 5.74) is 8.46. The Morgan fingerprint density at radius 1 is 1.30 bits per heavy atom. The Hall–Kier alpha value is -2.43. The number of rotatable bonds is 4. The van der Waals surface area contributed by atoms with Crippen molar-refractivity contribution in [3.05, 3.63) is 53.6 Å². The lowest BCUT2D eigenvalue weighted by atomic mass is 10.1. The number of carbonyl (C=O) groups excluding carboxylic acids is 1. The van der Waals surface area contributed by atoms with Crippen molar-refractivity contribution in [1.82, 2.24) is 15.3 Å². The summed E-state index contributed by atoms with van der Waals surface area (Å²) in [6.45, 7) is 4.00. The van der Waals surface area contributed by atoms with Gasteiger partial charge in [0.1, 0.15) is 5.69 Å². The molecule has 0 radical (unpaired) electrons. The second-order valence-electron chi connectivity index (χ2n) is 4.67. The monoisotopic (exact) mass is 270 g/mol. The van der Waals surface area contributed by atoms with Gasteiger partial charge in [0.2, 0.25) is 0 Å². The lowest BCUT2D eigenvalue weighted by Gasteiger charge is -2.16. The zero-order valence-corrected chi connectivity index (χ0v) is 11.6. The van der Waals surface area contributed by atoms with Gasteiger partial charge in [0, 0.05) is 18.1 Å². The van der Waals surface area contributed by atoms with Crippen LogP contribution >= 0.6 is 0 Å². The number of aromatic nitrogens is 2. The molecule has 0 aliphatic rings. The molecule has 0 unspecified atom stereocenters. The number of nitrogens with zero attached hydrogens (tertiary/aromatic N) is 2. The molecule has 20 heavy (non-hydrogen) atoms. The van der Waals surface area contributed by atoms with Crippen LogP contribution in [0.1, 0.15) is 41.1 Å². The van der Waals surface area contributed by atoms with E-state index in [4.69, 9.17) is 5.73 Å². The summed E-state index contributed by atoms with van der Waals surface area (Å²) in [4.78, 5) is 20.5. The minimum atomic E-state index is -0.243. The molecule has 5 nitrogen and oxygen atoms in total. The molecular weight excluding hydrogens is 252 g/mol. The van der Waals surface area contributed by atoms with Crippen molar-refractivity contribution in [3.63, 3.8) is 0 Å². The van der Waals surface area contributed by atoms with Gasteiger partial charge in [0.15, 0.2) is 0 Å². The Bertz CT molecular complexity index is 612. The first-order valence-electron chi connectivity index (χ1n) is 6.55. The van der Waals surface area contributed by atoms with Crippen LogP contribution in [0.4, 0.5) is 5.69 Å². The van der Waals surface area contributed by atoms with Crippen LogP contribution in [0.15, 0.2) is 36.7 Å². The number of pyridine rings is 2. The first-order valence-corrected chi connectivity index (χ1v) is 6.55. The fraction of sp³-hybridized carbons (Fsp3) is 0.267. The number of anilines is 1. The van der Waals surface area contributed by atoms with E-state index in [9.17, 15) is 4.79 Å². The average Bonchev–Trinajstić information content (AvgIpc) is 2.44. The van der Waals surface area contributed by atoms with E-state index in [2.05, 4.69) is 15.3 Å². The van der Waals surface area contributed by atoms with E-state index >= 15 is 0 Å². The topological polar surface area (TPSA) is 80.9 Å². The highest BCUT2D eigenvalue weighted by Crippen LogP contribution is 2.16. The second kappa shape index (κ2) is 6.14. The normalized spacial score (nSPS) is 11.9. The summed E-state index contributed by atoms with van der Waals surface area (Å²) in [6, 6.07) is 6.98. The maximum absolute atomic E-state index is 12.2. The van der Waals surface area contributed by atoms with Crippen molar-refractivity contribution in [1.29, 1.82) is 0 Å². The van der Waals surface area contributed by atoms with Gasteiger partial charge in [0.25, 0.3) is 5.91 Å². The Labute approximate surface area is 118 Å². The molecule has 5 heteroatoms. The third kappa shape index (κ3) is 3.32. The molecule has 0 aliphatic carbocycles. The highest BCUT2D eigenvalue weighted by molar-refractivity contribution is 5.93. The van der Waals surface area contributed by atoms with Crippen molar-refractivity contribution >= 4 is 11.6 Å². The first-order chi connectivity index (χ1) is 9.60. The van der Waals surface area contributed by atoms with Crippen LogP contribution in [0.25, 0.3) is 0 Å². The molecule has 0 bridgehead atoms. The van der Waals surface area contributed by atoms with Crippen LogP contribution in [0.3, 0.4) is 0 Å². The average molecular weight is 270 g/mol. The molecule has 104 valence electrons. The van der Waals surface area contributed by atoms with Gasteiger partial charge in [-0.1, -0.05) is 6.92 Å². The van der Waals surface area contributed by atoms with E-state index in [1.54, 1.807) is 18.3 Å². The molecule has 2 aromatic rings. The Morgan fingerprint density at radius 2 is 2.05 bits per heavy atom. The van der Waals surface area contributed by atoms with E-state index in [1.165, 1.54) is 6.20 Å². The number of nitrogen functional groups attached to an aromatic ring is 1. The molecule has 0 fully saturated rings. The molecule has 2 aromatic heterocycles. The molecular formula is C15H18N4O. The van der Waals surface area contributed by atoms with Crippen molar-refractivity contribution in [2.24, 2.45) is 0 Å². The minimum absolute atomic E-state index is 0.134. The van der Waals surface area contributed by atoms with E-state index in [0.717, 1.165) is 17.7 Å². The highest BCUT2D eigenvalue weighted by Gasteiger charge is 2.16. The van der Waals surface area contributed by atoms with E-state index in [0.29, 0.717) is 11.4 Å². The molecule has 0 spiro atoms. The summed E-state index contributed by atoms with van der Waals surface area (Å²) in [6.07, 6.45) is 4.03. The van der Waals surface area contributed by atoms with E-state index in [1.807, 2.05) is 26.0 Å². The lowest BCUT2D eigenvalue weighted by Crippen LogP contribution is -2.29. The first kappa shape index (κ1) is 14.0. The molecule has 3 N–H and O–H groups in total. The van der Waals surface area contributed by atoms with Gasteiger partial charge in [-0.2, -0.15) is 0 Å². The van der Waals surface area contributed by atoms with Crippen LogP contribution < -0.4 is 11.1 Å². The van der Waals surface area contributed by atoms with Crippen LogP contribution in [0.5, 0.6) is 0 Å². The predicted octanol–water partition coefficient (Wildman–Crippen LogP) is 2.25. The number of carbonyl (C=O) groups is 1. The summed E-state index contributed by atoms with van der Waals surface area (Å²) in [7, 11) is 0. The summed E-state index contributed by atoms with van der Waals surface area (Å²) < 4.78 is 0. The highest BCUT2D eigenvalue weighted by atomic mass is 16.1. The van der Waals surface area contributed by atoms with Gasteiger partial charge in [-0.05, 0) is 43.2 Å². The summed E-state index contributed by atoms with van der Waals surface area (Å²) >= 11 is 0. The van der Waals surface area contributed by atoms with Crippen molar-refractivity contribution in [2.45, 2.75) is 26.3 Å². The van der Waals surface area contributed by atoms with E-state index < -0.39 is 0 Å². The number of hydrogen-bond donors (Lipinski definition) is 2. The number of amides is 1. The van der Waals surface area contributed by atoms with Gasteiger partial charge in [-0.3, -0.25) is 14.8 Å². The van der Waals surface area contributed by atoms with Crippen LogP contribution in [0, 0.1) is 6.92 Å². The predicted molar refractivity (Wildman–Crippen MR) is 78.1 cm³/mol. The van der Waals surface area contributed by atoms with Gasteiger partial charge >= 0.3 is 0 Å². The quantitative estimate of drug-likeness (QED) is 0.892. The van der Waals surface area contributed by atoms with Crippen molar-refractivity contribution in [3.8, 4) is 0 Å². The molecule has 0 aromatic carbocycles. The van der Waals surface area contributed by atoms with Gasteiger partial charge in [0.05, 0.1) is 11.7 Å². The van der Waals surface area contributed by atoms with Gasteiger partial charge in [-0.25, -0.2) is 0 Å². The summed E-state index contributed by atoms with van der Waals surface area (Å²) in [5.74, 6) is -0.243. The fourth-order valence-corrected chi connectivity index (χ4v) is 1.94. The molecule has 1 atom stereocenters.